The van der Waals surface area contributed by atoms with Crippen molar-refractivity contribution in [2.75, 3.05) is 16.8 Å². The molecule has 1 fully saturated rings. The molecule has 4 heteroatoms. The van der Waals surface area contributed by atoms with Gasteiger partial charge < -0.3 is 10.2 Å². The van der Waals surface area contributed by atoms with E-state index in [2.05, 4.69) is 41.2 Å². The van der Waals surface area contributed by atoms with Gasteiger partial charge in [-0.05, 0) is 49.7 Å². The molecule has 0 bridgehead atoms. The fourth-order valence-corrected chi connectivity index (χ4v) is 4.46. The van der Waals surface area contributed by atoms with Crippen LogP contribution in [0.25, 0.3) is 6.08 Å². The molecule has 2 aromatic rings. The molecule has 2 heterocycles. The Bertz CT molecular complexity index is 778. The van der Waals surface area contributed by atoms with Crippen molar-refractivity contribution in [3.8, 4) is 0 Å². The van der Waals surface area contributed by atoms with Gasteiger partial charge in [0.15, 0.2) is 0 Å². The van der Waals surface area contributed by atoms with Crippen LogP contribution in [0.1, 0.15) is 51.5 Å². The lowest BCUT2D eigenvalue weighted by molar-refractivity contribution is 0.237. The highest BCUT2D eigenvalue weighted by atomic mass is 15.3. The molecule has 1 atom stereocenters. The number of fused-ring (bicyclic) bond motifs is 1. The molecular weight excluding hydrogens is 332 g/mol. The molecule has 4 nitrogen and oxygen atoms in total. The summed E-state index contributed by atoms with van der Waals surface area (Å²) in [7, 11) is 0. The number of anilines is 3. The lowest BCUT2D eigenvalue weighted by Crippen LogP contribution is -2.41. The van der Waals surface area contributed by atoms with E-state index in [1.165, 1.54) is 32.1 Å². The Balaban J connectivity index is 1.50. The lowest BCUT2D eigenvalue weighted by Gasteiger charge is -2.40. The number of rotatable bonds is 5. The van der Waals surface area contributed by atoms with Crippen molar-refractivity contribution in [2.45, 2.75) is 52.0 Å². The molecule has 27 heavy (non-hydrogen) atoms. The monoisotopic (exact) mass is 362 g/mol. The van der Waals surface area contributed by atoms with Gasteiger partial charge in [-0.15, -0.1) is 0 Å². The Morgan fingerprint density at radius 2 is 1.93 bits per heavy atom. The molecule has 1 aliphatic carbocycles. The van der Waals surface area contributed by atoms with Crippen LogP contribution < -0.4 is 10.2 Å². The van der Waals surface area contributed by atoms with Crippen LogP contribution in [-0.2, 0) is 0 Å². The molecule has 0 saturated heterocycles. The summed E-state index contributed by atoms with van der Waals surface area (Å²) >= 11 is 0. The van der Waals surface area contributed by atoms with Crippen LogP contribution in [-0.4, -0.2) is 22.6 Å². The molecule has 2 aliphatic rings. The molecular formula is C23H30N4. The van der Waals surface area contributed by atoms with E-state index in [0.717, 1.165) is 35.4 Å². The highest BCUT2D eigenvalue weighted by Gasteiger charge is 2.30. The summed E-state index contributed by atoms with van der Waals surface area (Å²) < 4.78 is 0. The zero-order valence-corrected chi connectivity index (χ0v) is 16.4. The van der Waals surface area contributed by atoms with Crippen molar-refractivity contribution in [1.82, 2.24) is 9.97 Å². The molecule has 0 amide bonds. The topological polar surface area (TPSA) is 41.1 Å². The summed E-state index contributed by atoms with van der Waals surface area (Å²) in [5.74, 6) is 3.50. The van der Waals surface area contributed by atoms with Gasteiger partial charge in [-0.25, -0.2) is 4.98 Å². The van der Waals surface area contributed by atoms with Gasteiger partial charge in [0.2, 0.25) is 5.95 Å². The van der Waals surface area contributed by atoms with Crippen LogP contribution in [0.2, 0.25) is 0 Å². The van der Waals surface area contributed by atoms with E-state index >= 15 is 0 Å². The second-order valence-corrected chi connectivity index (χ2v) is 7.97. The van der Waals surface area contributed by atoms with Crippen LogP contribution in [0, 0.1) is 11.8 Å². The first kappa shape index (κ1) is 18.0. The molecule has 4 rings (SSSR count). The first-order valence-corrected chi connectivity index (χ1v) is 10.4. The summed E-state index contributed by atoms with van der Waals surface area (Å²) in [5.41, 5.74) is 2.15. The van der Waals surface area contributed by atoms with Gasteiger partial charge in [-0.3, -0.25) is 0 Å². The summed E-state index contributed by atoms with van der Waals surface area (Å²) in [6.07, 6.45) is 12.9. The number of hydrogen-bond donors (Lipinski definition) is 1. The smallest absolute Gasteiger partial charge is 0.229 e. The van der Waals surface area contributed by atoms with Crippen molar-refractivity contribution < 1.29 is 0 Å². The molecule has 0 spiro atoms. The highest BCUT2D eigenvalue weighted by molar-refractivity contribution is 5.69. The van der Waals surface area contributed by atoms with Crippen LogP contribution >= 0.6 is 0 Å². The largest absolute Gasteiger partial charge is 0.349 e. The molecule has 1 N–H and O–H groups in total. The van der Waals surface area contributed by atoms with Gasteiger partial charge in [0.1, 0.15) is 5.82 Å². The first-order chi connectivity index (χ1) is 13.2. The van der Waals surface area contributed by atoms with Crippen molar-refractivity contribution >= 4 is 23.5 Å². The summed E-state index contributed by atoms with van der Waals surface area (Å²) in [4.78, 5) is 11.9. The molecule has 1 aromatic carbocycles. The predicted molar refractivity (Wildman–Crippen MR) is 113 cm³/mol. The summed E-state index contributed by atoms with van der Waals surface area (Å²) in [6, 6.07) is 10.7. The third-order valence-corrected chi connectivity index (χ3v) is 6.33. The maximum absolute atomic E-state index is 4.89. The Hall–Kier alpha value is -2.36. The van der Waals surface area contributed by atoms with E-state index in [-0.39, 0.29) is 0 Å². The maximum atomic E-state index is 4.89. The average Bonchev–Trinajstić information content (AvgIpc) is 2.73. The van der Waals surface area contributed by atoms with Crippen LogP contribution in [0.5, 0.6) is 0 Å². The molecule has 1 unspecified atom stereocenters. The van der Waals surface area contributed by atoms with E-state index in [1.54, 1.807) is 0 Å². The predicted octanol–water partition coefficient (Wildman–Crippen LogP) is 5.66. The van der Waals surface area contributed by atoms with Gasteiger partial charge in [0, 0.05) is 30.0 Å². The molecule has 0 radical (unpaired) electrons. The standard InChI is InChI=1S/C23H30N4/c1-3-17(2)18-11-13-21(14-12-18)27-15-7-8-19-16-24-23(26-22(19)27)25-20-9-5-4-6-10-20/h4-10,16-18,21H,3,11-15H2,1-2H3,(H,24,25,26). The Labute approximate surface area is 162 Å². The van der Waals surface area contributed by atoms with E-state index in [4.69, 9.17) is 4.98 Å². The Kier molecular flexibility index (Phi) is 5.42. The SMILES string of the molecule is CCC(C)C1CCC(N2CC=Cc3cnc(Nc4ccccc4)nc32)CC1. The van der Waals surface area contributed by atoms with Crippen LogP contribution in [0.3, 0.4) is 0 Å². The number of aromatic nitrogens is 2. The summed E-state index contributed by atoms with van der Waals surface area (Å²) in [6.45, 7) is 5.69. The van der Waals surface area contributed by atoms with Gasteiger partial charge in [0.05, 0.1) is 0 Å². The maximum Gasteiger partial charge on any atom is 0.229 e. The highest BCUT2D eigenvalue weighted by Crippen LogP contribution is 2.37. The van der Waals surface area contributed by atoms with Crippen LogP contribution in [0.4, 0.5) is 17.5 Å². The number of para-hydroxylation sites is 1. The van der Waals surface area contributed by atoms with Crippen molar-refractivity contribution in [2.24, 2.45) is 11.8 Å². The van der Waals surface area contributed by atoms with Gasteiger partial charge in [-0.2, -0.15) is 4.98 Å². The number of nitrogens with one attached hydrogen (secondary N) is 1. The normalized spacial score (nSPS) is 23.0. The second-order valence-electron chi connectivity index (χ2n) is 7.97. The van der Waals surface area contributed by atoms with Crippen molar-refractivity contribution in [1.29, 1.82) is 0 Å². The van der Waals surface area contributed by atoms with Gasteiger partial charge in [-0.1, -0.05) is 50.6 Å². The molecule has 142 valence electrons. The van der Waals surface area contributed by atoms with Crippen molar-refractivity contribution in [3.63, 3.8) is 0 Å². The zero-order valence-electron chi connectivity index (χ0n) is 16.4. The van der Waals surface area contributed by atoms with E-state index < -0.39 is 0 Å². The fourth-order valence-electron chi connectivity index (χ4n) is 4.46. The Morgan fingerprint density at radius 1 is 1.15 bits per heavy atom. The molecule has 1 aliphatic heterocycles. The van der Waals surface area contributed by atoms with Gasteiger partial charge >= 0.3 is 0 Å². The lowest BCUT2D eigenvalue weighted by atomic mass is 9.77. The average molecular weight is 363 g/mol. The van der Waals surface area contributed by atoms with Crippen LogP contribution in [0.15, 0.2) is 42.6 Å². The van der Waals surface area contributed by atoms with Crippen molar-refractivity contribution in [3.05, 3.63) is 48.2 Å². The Morgan fingerprint density at radius 3 is 2.67 bits per heavy atom. The second kappa shape index (κ2) is 8.12. The van der Waals surface area contributed by atoms with E-state index in [1.807, 2.05) is 36.5 Å². The molecule has 1 saturated carbocycles. The number of benzene rings is 1. The zero-order chi connectivity index (χ0) is 18.6. The minimum atomic E-state index is 0.591. The third-order valence-electron chi connectivity index (χ3n) is 6.33. The fraction of sp³-hybridized carbons (Fsp3) is 0.478. The minimum absolute atomic E-state index is 0.591. The molecule has 1 aromatic heterocycles. The first-order valence-electron chi connectivity index (χ1n) is 10.4. The third kappa shape index (κ3) is 4.00. The van der Waals surface area contributed by atoms with E-state index in [0.29, 0.717) is 12.0 Å². The minimum Gasteiger partial charge on any atom is -0.349 e. The number of nitrogens with zero attached hydrogens (tertiary/aromatic N) is 3. The quantitative estimate of drug-likeness (QED) is 0.745. The van der Waals surface area contributed by atoms with Gasteiger partial charge in [0.25, 0.3) is 0 Å². The van der Waals surface area contributed by atoms with E-state index in [9.17, 15) is 0 Å². The summed E-state index contributed by atoms with van der Waals surface area (Å²) in [5, 5.41) is 3.33. The number of hydrogen-bond acceptors (Lipinski definition) is 4.